The maximum Gasteiger partial charge on any atom is 0.407 e. The van der Waals surface area contributed by atoms with Crippen LogP contribution in [0, 0.1) is 5.41 Å². The molecule has 0 aromatic carbocycles. The van der Waals surface area contributed by atoms with Gasteiger partial charge < -0.3 is 15.4 Å². The van der Waals surface area contributed by atoms with Gasteiger partial charge in [0.05, 0.1) is 6.61 Å². The van der Waals surface area contributed by atoms with Crippen molar-refractivity contribution in [3.63, 3.8) is 0 Å². The first kappa shape index (κ1) is 13.2. The highest BCUT2D eigenvalue weighted by atomic mass is 16.5. The fraction of sp³-hybridized carbons (Fsp3) is 0.900. The zero-order chi connectivity index (χ0) is 11.0. The number of ether oxygens (including phenoxy) is 1. The van der Waals surface area contributed by atoms with Gasteiger partial charge in [0.25, 0.3) is 0 Å². The van der Waals surface area contributed by atoms with Crippen LogP contribution < -0.4 is 10.6 Å². The van der Waals surface area contributed by atoms with Crippen molar-refractivity contribution in [2.24, 2.45) is 5.41 Å². The molecule has 0 atom stereocenters. The summed E-state index contributed by atoms with van der Waals surface area (Å²) in [7, 11) is 0. The molecule has 0 fully saturated rings. The zero-order valence-corrected chi connectivity index (χ0v) is 9.64. The van der Waals surface area contributed by atoms with E-state index < -0.39 is 0 Å². The third-order valence-electron chi connectivity index (χ3n) is 1.77. The van der Waals surface area contributed by atoms with Crippen molar-refractivity contribution in [1.82, 2.24) is 10.6 Å². The summed E-state index contributed by atoms with van der Waals surface area (Å²) in [6.07, 6.45) is -0.336. The van der Waals surface area contributed by atoms with Crippen LogP contribution in [0.1, 0.15) is 27.7 Å². The maximum atomic E-state index is 11.0. The SMILES string of the molecule is CCNCC(C)(C)COC(=O)NCC. The van der Waals surface area contributed by atoms with Crippen molar-refractivity contribution >= 4 is 6.09 Å². The van der Waals surface area contributed by atoms with Crippen LogP contribution in [0.2, 0.25) is 0 Å². The first-order valence-corrected chi connectivity index (χ1v) is 5.13. The Morgan fingerprint density at radius 2 is 1.93 bits per heavy atom. The lowest BCUT2D eigenvalue weighted by Crippen LogP contribution is -2.35. The maximum absolute atomic E-state index is 11.0. The van der Waals surface area contributed by atoms with Gasteiger partial charge in [-0.1, -0.05) is 20.8 Å². The molecule has 0 spiro atoms. The topological polar surface area (TPSA) is 50.4 Å². The lowest BCUT2D eigenvalue weighted by atomic mass is 9.95. The normalized spacial score (nSPS) is 11.1. The van der Waals surface area contributed by atoms with Crippen LogP contribution in [0.15, 0.2) is 0 Å². The second kappa shape index (κ2) is 6.65. The van der Waals surface area contributed by atoms with E-state index >= 15 is 0 Å². The van der Waals surface area contributed by atoms with Crippen molar-refractivity contribution < 1.29 is 9.53 Å². The lowest BCUT2D eigenvalue weighted by Gasteiger charge is -2.24. The quantitative estimate of drug-likeness (QED) is 0.684. The smallest absolute Gasteiger partial charge is 0.407 e. The molecule has 0 saturated carbocycles. The zero-order valence-electron chi connectivity index (χ0n) is 9.64. The lowest BCUT2D eigenvalue weighted by molar-refractivity contribution is 0.0987. The molecule has 0 bridgehead atoms. The molecule has 14 heavy (non-hydrogen) atoms. The van der Waals surface area contributed by atoms with Gasteiger partial charge in [-0.05, 0) is 13.5 Å². The largest absolute Gasteiger partial charge is 0.449 e. The van der Waals surface area contributed by atoms with Gasteiger partial charge in [0.1, 0.15) is 0 Å². The molecule has 1 amide bonds. The van der Waals surface area contributed by atoms with Crippen molar-refractivity contribution in [3.05, 3.63) is 0 Å². The van der Waals surface area contributed by atoms with Crippen LogP contribution in [0.3, 0.4) is 0 Å². The van der Waals surface area contributed by atoms with E-state index in [1.54, 1.807) is 0 Å². The fourth-order valence-corrected chi connectivity index (χ4v) is 0.971. The molecule has 0 heterocycles. The summed E-state index contributed by atoms with van der Waals surface area (Å²) >= 11 is 0. The molecule has 2 N–H and O–H groups in total. The number of alkyl carbamates (subject to hydrolysis) is 1. The molecule has 4 heteroatoms. The highest BCUT2D eigenvalue weighted by Gasteiger charge is 2.19. The Morgan fingerprint density at radius 1 is 1.29 bits per heavy atom. The van der Waals surface area contributed by atoms with E-state index in [4.69, 9.17) is 4.74 Å². The van der Waals surface area contributed by atoms with Gasteiger partial charge in [0.2, 0.25) is 0 Å². The number of carbonyl (C=O) groups excluding carboxylic acids is 1. The van der Waals surface area contributed by atoms with E-state index in [2.05, 4.69) is 31.4 Å². The van der Waals surface area contributed by atoms with E-state index in [0.29, 0.717) is 13.2 Å². The summed E-state index contributed by atoms with van der Waals surface area (Å²) < 4.78 is 5.05. The standard InChI is InChI=1S/C10H22N2O2/c1-5-11-7-10(3,4)8-14-9(13)12-6-2/h11H,5-8H2,1-4H3,(H,12,13). The summed E-state index contributed by atoms with van der Waals surface area (Å²) in [5, 5.41) is 5.83. The number of amides is 1. The summed E-state index contributed by atoms with van der Waals surface area (Å²) in [5.41, 5.74) is -0.0128. The van der Waals surface area contributed by atoms with Gasteiger partial charge in [-0.3, -0.25) is 0 Å². The summed E-state index contributed by atoms with van der Waals surface area (Å²) in [5.74, 6) is 0. The molecule has 0 saturated heterocycles. The van der Waals surface area contributed by atoms with Gasteiger partial charge in [0.15, 0.2) is 0 Å². The number of nitrogens with one attached hydrogen (secondary N) is 2. The van der Waals surface area contributed by atoms with Gasteiger partial charge in [0, 0.05) is 18.5 Å². The minimum atomic E-state index is -0.336. The monoisotopic (exact) mass is 202 g/mol. The van der Waals surface area contributed by atoms with Crippen molar-refractivity contribution in [1.29, 1.82) is 0 Å². The van der Waals surface area contributed by atoms with Crippen molar-refractivity contribution in [2.45, 2.75) is 27.7 Å². The predicted octanol–water partition coefficient (Wildman–Crippen LogP) is 1.37. The fourth-order valence-electron chi connectivity index (χ4n) is 0.971. The molecule has 0 rings (SSSR count). The average molecular weight is 202 g/mol. The minimum absolute atomic E-state index is 0.0128. The number of carbonyl (C=O) groups is 1. The number of rotatable bonds is 6. The molecular weight excluding hydrogens is 180 g/mol. The molecule has 0 aliphatic rings. The molecular formula is C10H22N2O2. The van der Waals surface area contributed by atoms with E-state index in [9.17, 15) is 4.79 Å². The van der Waals surface area contributed by atoms with Crippen LogP contribution in [0.25, 0.3) is 0 Å². The number of hydrogen-bond donors (Lipinski definition) is 2. The van der Waals surface area contributed by atoms with E-state index in [0.717, 1.165) is 13.1 Å². The van der Waals surface area contributed by atoms with Crippen LogP contribution in [-0.2, 0) is 4.74 Å². The second-order valence-electron chi connectivity index (χ2n) is 4.05. The minimum Gasteiger partial charge on any atom is -0.449 e. The highest BCUT2D eigenvalue weighted by Crippen LogP contribution is 2.13. The predicted molar refractivity (Wildman–Crippen MR) is 57.3 cm³/mol. The summed E-state index contributed by atoms with van der Waals surface area (Å²) in [4.78, 5) is 11.0. The summed E-state index contributed by atoms with van der Waals surface area (Å²) in [6, 6.07) is 0. The van der Waals surface area contributed by atoms with Crippen molar-refractivity contribution in [2.75, 3.05) is 26.2 Å². The van der Waals surface area contributed by atoms with Gasteiger partial charge in [-0.15, -0.1) is 0 Å². The first-order chi connectivity index (χ1) is 6.52. The Morgan fingerprint density at radius 3 is 2.43 bits per heavy atom. The van der Waals surface area contributed by atoms with Crippen LogP contribution in [0.5, 0.6) is 0 Å². The Balaban J connectivity index is 3.68. The molecule has 0 aromatic rings. The van der Waals surface area contributed by atoms with Crippen LogP contribution in [0.4, 0.5) is 4.79 Å². The number of hydrogen-bond acceptors (Lipinski definition) is 3. The van der Waals surface area contributed by atoms with Crippen molar-refractivity contribution in [3.8, 4) is 0 Å². The van der Waals surface area contributed by atoms with E-state index in [1.165, 1.54) is 0 Å². The third-order valence-corrected chi connectivity index (χ3v) is 1.77. The molecule has 0 aromatic heterocycles. The molecule has 0 aliphatic heterocycles. The average Bonchev–Trinajstić information content (AvgIpc) is 2.13. The first-order valence-electron chi connectivity index (χ1n) is 5.13. The molecule has 0 unspecified atom stereocenters. The van der Waals surface area contributed by atoms with Gasteiger partial charge in [-0.25, -0.2) is 4.79 Å². The van der Waals surface area contributed by atoms with Gasteiger partial charge in [-0.2, -0.15) is 0 Å². The summed E-state index contributed by atoms with van der Waals surface area (Å²) in [6.45, 7) is 10.9. The Labute approximate surface area is 86.4 Å². The molecule has 0 radical (unpaired) electrons. The van der Waals surface area contributed by atoms with E-state index in [-0.39, 0.29) is 11.5 Å². The highest BCUT2D eigenvalue weighted by molar-refractivity contribution is 5.66. The molecule has 84 valence electrons. The Bertz CT molecular complexity index is 170. The molecule has 4 nitrogen and oxygen atoms in total. The van der Waals surface area contributed by atoms with E-state index in [1.807, 2.05) is 6.92 Å². The Kier molecular flexibility index (Phi) is 6.28. The van der Waals surface area contributed by atoms with Gasteiger partial charge >= 0.3 is 6.09 Å². The van der Waals surface area contributed by atoms with Crippen LogP contribution in [-0.4, -0.2) is 32.3 Å². The Hall–Kier alpha value is -0.770. The second-order valence-corrected chi connectivity index (χ2v) is 4.05. The molecule has 0 aliphatic carbocycles. The third kappa shape index (κ3) is 6.71. The van der Waals surface area contributed by atoms with Crippen LogP contribution >= 0.6 is 0 Å².